The third-order valence-electron chi connectivity index (χ3n) is 3.95. The van der Waals surface area contributed by atoms with Crippen molar-refractivity contribution in [2.75, 3.05) is 0 Å². The molecule has 0 amide bonds. The molecule has 0 heteroatoms. The van der Waals surface area contributed by atoms with E-state index in [4.69, 9.17) is 0 Å². The van der Waals surface area contributed by atoms with Crippen LogP contribution in [-0.4, -0.2) is 0 Å². The molecule has 1 aromatic rings. The largest absolute Gasteiger partial charge is 0.0651 e. The predicted octanol–water partition coefficient (Wildman–Crippen LogP) is 4.91. The lowest BCUT2D eigenvalue weighted by Crippen LogP contribution is -2.02. The maximum Gasteiger partial charge on any atom is -0.0159 e. The van der Waals surface area contributed by atoms with Crippen LogP contribution in [0.5, 0.6) is 0 Å². The zero-order valence-electron chi connectivity index (χ0n) is 11.0. The molecule has 0 aromatic heterocycles. The molecule has 16 heavy (non-hydrogen) atoms. The molecule has 1 aromatic carbocycles. The maximum absolute atomic E-state index is 2.45. The first-order valence-corrected chi connectivity index (χ1v) is 6.82. The molecule has 0 heterocycles. The average molecular weight is 216 g/mol. The molecular formula is C16H24. The van der Waals surface area contributed by atoms with Gasteiger partial charge >= 0.3 is 0 Å². The van der Waals surface area contributed by atoms with Crippen LogP contribution in [-0.2, 0) is 6.42 Å². The maximum atomic E-state index is 2.45. The highest BCUT2D eigenvalue weighted by atomic mass is 14.3. The van der Waals surface area contributed by atoms with Crippen LogP contribution in [0.25, 0.3) is 0 Å². The van der Waals surface area contributed by atoms with E-state index in [9.17, 15) is 0 Å². The molecule has 2 rings (SSSR count). The molecule has 0 spiro atoms. The quantitative estimate of drug-likeness (QED) is 0.673. The van der Waals surface area contributed by atoms with Gasteiger partial charge in [0.1, 0.15) is 0 Å². The highest BCUT2D eigenvalue weighted by Crippen LogP contribution is 2.37. The van der Waals surface area contributed by atoms with Gasteiger partial charge in [0.2, 0.25) is 0 Å². The van der Waals surface area contributed by atoms with Gasteiger partial charge in [-0.3, -0.25) is 0 Å². The van der Waals surface area contributed by atoms with Gasteiger partial charge in [-0.2, -0.15) is 0 Å². The molecule has 0 nitrogen and oxygen atoms in total. The van der Waals surface area contributed by atoms with Crippen LogP contribution in [0.15, 0.2) is 12.1 Å². The fourth-order valence-electron chi connectivity index (χ4n) is 3.22. The molecule has 0 unspecified atom stereocenters. The van der Waals surface area contributed by atoms with E-state index in [1.54, 1.807) is 11.1 Å². The van der Waals surface area contributed by atoms with Gasteiger partial charge in [0.15, 0.2) is 0 Å². The number of rotatable bonds is 3. The van der Waals surface area contributed by atoms with Crippen LogP contribution < -0.4 is 0 Å². The topological polar surface area (TPSA) is 0 Å². The molecule has 0 N–H and O–H groups in total. The molecule has 1 saturated carbocycles. The van der Waals surface area contributed by atoms with Crippen molar-refractivity contribution >= 4 is 0 Å². The standard InChI is InChI=1S/C16H24/c1-4-7-15-13(3)10-12(2)11-16(15)14-8-5-6-9-14/h10-11,14H,4-9H2,1-3H3. The normalized spacial score (nSPS) is 16.9. The lowest BCUT2D eigenvalue weighted by atomic mass is 9.87. The summed E-state index contributed by atoms with van der Waals surface area (Å²) in [6.45, 7) is 6.81. The van der Waals surface area contributed by atoms with Crippen LogP contribution in [0.3, 0.4) is 0 Å². The summed E-state index contributed by atoms with van der Waals surface area (Å²) in [4.78, 5) is 0. The van der Waals surface area contributed by atoms with Crippen molar-refractivity contribution in [3.8, 4) is 0 Å². The predicted molar refractivity (Wildman–Crippen MR) is 71.1 cm³/mol. The van der Waals surface area contributed by atoms with Gasteiger partial charge in [-0.15, -0.1) is 0 Å². The number of benzene rings is 1. The number of hydrogen-bond acceptors (Lipinski definition) is 0. The molecule has 0 radical (unpaired) electrons. The average Bonchev–Trinajstić information content (AvgIpc) is 2.75. The third-order valence-corrected chi connectivity index (χ3v) is 3.95. The summed E-state index contributed by atoms with van der Waals surface area (Å²) in [6, 6.07) is 4.80. The summed E-state index contributed by atoms with van der Waals surface area (Å²) >= 11 is 0. The Morgan fingerprint density at radius 3 is 2.44 bits per heavy atom. The Morgan fingerprint density at radius 1 is 1.12 bits per heavy atom. The Labute approximate surface area is 100 Å². The first-order valence-electron chi connectivity index (χ1n) is 6.82. The first-order chi connectivity index (χ1) is 7.72. The van der Waals surface area contributed by atoms with Gasteiger partial charge in [-0.1, -0.05) is 43.9 Å². The van der Waals surface area contributed by atoms with Crippen LogP contribution in [0.1, 0.15) is 67.2 Å². The summed E-state index contributed by atoms with van der Waals surface area (Å²) in [5, 5.41) is 0. The fourth-order valence-corrected chi connectivity index (χ4v) is 3.22. The summed E-state index contributed by atoms with van der Waals surface area (Å²) in [6.07, 6.45) is 8.23. The minimum atomic E-state index is 0.861. The molecule has 0 bridgehead atoms. The number of aryl methyl sites for hydroxylation is 2. The van der Waals surface area contributed by atoms with Crippen molar-refractivity contribution < 1.29 is 0 Å². The van der Waals surface area contributed by atoms with E-state index in [2.05, 4.69) is 32.9 Å². The van der Waals surface area contributed by atoms with E-state index in [-0.39, 0.29) is 0 Å². The monoisotopic (exact) mass is 216 g/mol. The SMILES string of the molecule is CCCc1c(C)cc(C)cc1C1CCCC1. The third kappa shape index (κ3) is 2.31. The Balaban J connectivity index is 2.39. The Hall–Kier alpha value is -0.780. The van der Waals surface area contributed by atoms with Gasteiger partial charge in [-0.25, -0.2) is 0 Å². The van der Waals surface area contributed by atoms with Crippen molar-refractivity contribution in [2.24, 2.45) is 0 Å². The zero-order valence-corrected chi connectivity index (χ0v) is 11.0. The molecule has 0 aliphatic heterocycles. The summed E-state index contributed by atoms with van der Waals surface area (Å²) < 4.78 is 0. The molecular weight excluding hydrogens is 192 g/mol. The summed E-state index contributed by atoms with van der Waals surface area (Å²) in [5.74, 6) is 0.861. The highest BCUT2D eigenvalue weighted by Gasteiger charge is 2.20. The van der Waals surface area contributed by atoms with Gasteiger partial charge in [0.05, 0.1) is 0 Å². The fraction of sp³-hybridized carbons (Fsp3) is 0.625. The van der Waals surface area contributed by atoms with E-state index in [0.717, 1.165) is 5.92 Å². The molecule has 88 valence electrons. The van der Waals surface area contributed by atoms with E-state index in [1.165, 1.54) is 49.7 Å². The molecule has 1 aliphatic carbocycles. The second kappa shape index (κ2) is 5.03. The summed E-state index contributed by atoms with van der Waals surface area (Å²) in [5.41, 5.74) is 6.29. The number of hydrogen-bond donors (Lipinski definition) is 0. The minimum Gasteiger partial charge on any atom is -0.0651 e. The lowest BCUT2D eigenvalue weighted by molar-refractivity contribution is 0.705. The Kier molecular flexibility index (Phi) is 3.68. The van der Waals surface area contributed by atoms with Crippen molar-refractivity contribution in [3.05, 3.63) is 34.4 Å². The Bertz CT molecular complexity index is 357. The van der Waals surface area contributed by atoms with Gasteiger partial charge < -0.3 is 0 Å². The van der Waals surface area contributed by atoms with Crippen LogP contribution in [0, 0.1) is 13.8 Å². The van der Waals surface area contributed by atoms with E-state index in [0.29, 0.717) is 0 Å². The lowest BCUT2D eigenvalue weighted by Gasteiger charge is -2.18. The van der Waals surface area contributed by atoms with Crippen LogP contribution >= 0.6 is 0 Å². The first kappa shape index (κ1) is 11.7. The van der Waals surface area contributed by atoms with E-state index in [1.807, 2.05) is 0 Å². The van der Waals surface area contributed by atoms with Crippen LogP contribution in [0.2, 0.25) is 0 Å². The van der Waals surface area contributed by atoms with Crippen molar-refractivity contribution in [3.63, 3.8) is 0 Å². The highest BCUT2D eigenvalue weighted by molar-refractivity contribution is 5.40. The van der Waals surface area contributed by atoms with E-state index < -0.39 is 0 Å². The second-order valence-corrected chi connectivity index (χ2v) is 5.38. The van der Waals surface area contributed by atoms with Gasteiger partial charge in [0.25, 0.3) is 0 Å². The van der Waals surface area contributed by atoms with Crippen molar-refractivity contribution in [1.82, 2.24) is 0 Å². The van der Waals surface area contributed by atoms with Crippen molar-refractivity contribution in [1.29, 1.82) is 0 Å². The molecule has 0 saturated heterocycles. The summed E-state index contributed by atoms with van der Waals surface area (Å²) in [7, 11) is 0. The zero-order chi connectivity index (χ0) is 11.5. The molecule has 1 aliphatic rings. The smallest absolute Gasteiger partial charge is 0.0159 e. The van der Waals surface area contributed by atoms with Gasteiger partial charge in [-0.05, 0) is 55.7 Å². The van der Waals surface area contributed by atoms with Crippen molar-refractivity contribution in [2.45, 2.75) is 65.2 Å². The minimum absolute atomic E-state index is 0.861. The van der Waals surface area contributed by atoms with E-state index >= 15 is 0 Å². The molecule has 0 atom stereocenters. The second-order valence-electron chi connectivity index (χ2n) is 5.38. The van der Waals surface area contributed by atoms with Gasteiger partial charge in [0, 0.05) is 0 Å². The molecule has 1 fully saturated rings. The van der Waals surface area contributed by atoms with Crippen LogP contribution in [0.4, 0.5) is 0 Å². The Morgan fingerprint density at radius 2 is 1.81 bits per heavy atom.